The predicted molar refractivity (Wildman–Crippen MR) is 77.1 cm³/mol. The second kappa shape index (κ2) is 8.58. The average molecular weight is 271 g/mol. The minimum Gasteiger partial charge on any atom is -0.378 e. The molecule has 0 bridgehead atoms. The third-order valence-corrected chi connectivity index (χ3v) is 3.75. The number of hydrogen-bond acceptors (Lipinski definition) is 5. The zero-order valence-corrected chi connectivity index (χ0v) is 12.8. The van der Waals surface area contributed by atoms with Gasteiger partial charge in [0.15, 0.2) is 0 Å². The lowest BCUT2D eigenvalue weighted by Crippen LogP contribution is -2.14. The molecule has 0 aliphatic carbocycles. The van der Waals surface area contributed by atoms with Crippen molar-refractivity contribution in [2.75, 3.05) is 34.3 Å². The van der Waals surface area contributed by atoms with Gasteiger partial charge in [-0.3, -0.25) is 0 Å². The minimum absolute atomic E-state index is 0.613. The molecule has 0 aliphatic rings. The molecule has 0 aromatic carbocycles. The molecule has 5 heteroatoms. The molecule has 0 amide bonds. The van der Waals surface area contributed by atoms with Crippen molar-refractivity contribution in [3.8, 4) is 0 Å². The fraction of sp³-hybridized carbons (Fsp3) is 0.769. The molecule has 1 aromatic rings. The Labute approximate surface area is 114 Å². The van der Waals surface area contributed by atoms with Crippen molar-refractivity contribution in [3.63, 3.8) is 0 Å². The van der Waals surface area contributed by atoms with Gasteiger partial charge in [0.1, 0.15) is 0 Å². The lowest BCUT2D eigenvalue weighted by Gasteiger charge is -2.06. The van der Waals surface area contributed by atoms with Crippen LogP contribution in [-0.4, -0.2) is 44.2 Å². The van der Waals surface area contributed by atoms with Crippen molar-refractivity contribution in [1.82, 2.24) is 15.2 Å². The number of hydrogen-bond donors (Lipinski definition) is 1. The fourth-order valence-corrected chi connectivity index (χ4v) is 2.66. The first-order valence-corrected chi connectivity index (χ1v) is 7.30. The van der Waals surface area contributed by atoms with Gasteiger partial charge < -0.3 is 15.0 Å². The summed E-state index contributed by atoms with van der Waals surface area (Å²) >= 11 is 1.81. The summed E-state index contributed by atoms with van der Waals surface area (Å²) in [7, 11) is 5.91. The molecule has 104 valence electrons. The Morgan fingerprint density at radius 3 is 2.78 bits per heavy atom. The molecule has 4 nitrogen and oxygen atoms in total. The molecule has 0 spiro atoms. The summed E-state index contributed by atoms with van der Waals surface area (Å²) in [6.07, 6.45) is 2.17. The van der Waals surface area contributed by atoms with Gasteiger partial charge >= 0.3 is 0 Å². The second-order valence-corrected chi connectivity index (χ2v) is 5.81. The van der Waals surface area contributed by atoms with Crippen molar-refractivity contribution >= 4 is 11.3 Å². The standard InChI is InChI=1S/C13H25N3OS/c1-5-7-14-9-12-11(10-17-4)15-13(18-12)6-8-16(2)3/h14H,5-10H2,1-4H3. The summed E-state index contributed by atoms with van der Waals surface area (Å²) in [6, 6.07) is 0. The van der Waals surface area contributed by atoms with E-state index in [1.807, 2.05) is 11.3 Å². The fourth-order valence-electron chi connectivity index (χ4n) is 1.63. The predicted octanol–water partition coefficient (Wildman–Crippen LogP) is 1.89. The van der Waals surface area contributed by atoms with Crippen molar-refractivity contribution in [2.45, 2.75) is 32.9 Å². The van der Waals surface area contributed by atoms with Gasteiger partial charge in [0.05, 0.1) is 17.3 Å². The summed E-state index contributed by atoms with van der Waals surface area (Å²) in [4.78, 5) is 8.18. The number of methoxy groups -OCH3 is 1. The Morgan fingerprint density at radius 2 is 2.17 bits per heavy atom. The molecule has 1 rings (SSSR count). The summed E-state index contributed by atoms with van der Waals surface area (Å²) in [5.74, 6) is 0. The maximum atomic E-state index is 5.22. The van der Waals surface area contributed by atoms with E-state index < -0.39 is 0 Å². The van der Waals surface area contributed by atoms with E-state index in [1.54, 1.807) is 7.11 Å². The van der Waals surface area contributed by atoms with Gasteiger partial charge in [-0.05, 0) is 27.1 Å². The first kappa shape index (κ1) is 15.6. The lowest BCUT2D eigenvalue weighted by atomic mass is 10.3. The largest absolute Gasteiger partial charge is 0.378 e. The quantitative estimate of drug-likeness (QED) is 0.696. The molecule has 0 radical (unpaired) electrons. The van der Waals surface area contributed by atoms with Gasteiger partial charge in [0.2, 0.25) is 0 Å². The highest BCUT2D eigenvalue weighted by Crippen LogP contribution is 2.20. The number of nitrogens with one attached hydrogen (secondary N) is 1. The third-order valence-electron chi connectivity index (χ3n) is 2.59. The monoisotopic (exact) mass is 271 g/mol. The maximum Gasteiger partial charge on any atom is 0.0945 e. The van der Waals surface area contributed by atoms with Crippen LogP contribution < -0.4 is 5.32 Å². The van der Waals surface area contributed by atoms with E-state index in [9.17, 15) is 0 Å². The van der Waals surface area contributed by atoms with Crippen LogP contribution in [0, 0.1) is 0 Å². The van der Waals surface area contributed by atoms with Crippen LogP contribution in [0.2, 0.25) is 0 Å². The number of aromatic nitrogens is 1. The van der Waals surface area contributed by atoms with Crippen LogP contribution in [-0.2, 0) is 24.3 Å². The van der Waals surface area contributed by atoms with Crippen molar-refractivity contribution in [1.29, 1.82) is 0 Å². The first-order valence-electron chi connectivity index (χ1n) is 6.49. The van der Waals surface area contributed by atoms with Gasteiger partial charge in [0.25, 0.3) is 0 Å². The number of likely N-dealkylation sites (N-methyl/N-ethyl adjacent to an activating group) is 1. The topological polar surface area (TPSA) is 37.4 Å². The Hall–Kier alpha value is -0.490. The Kier molecular flexibility index (Phi) is 7.42. The van der Waals surface area contributed by atoms with Crippen LogP contribution in [0.25, 0.3) is 0 Å². The highest BCUT2D eigenvalue weighted by Gasteiger charge is 2.10. The number of ether oxygens (including phenoxy) is 1. The molecule has 0 saturated heterocycles. The summed E-state index contributed by atoms with van der Waals surface area (Å²) in [5.41, 5.74) is 1.10. The Balaban J connectivity index is 2.61. The van der Waals surface area contributed by atoms with E-state index in [0.717, 1.165) is 38.2 Å². The van der Waals surface area contributed by atoms with Gasteiger partial charge in [-0.15, -0.1) is 11.3 Å². The molecule has 1 heterocycles. The molecule has 0 unspecified atom stereocenters. The first-order chi connectivity index (χ1) is 8.67. The van der Waals surface area contributed by atoms with Gasteiger partial charge in [-0.2, -0.15) is 0 Å². The number of rotatable bonds is 9. The van der Waals surface area contributed by atoms with Crippen molar-refractivity contribution in [2.24, 2.45) is 0 Å². The van der Waals surface area contributed by atoms with Gasteiger partial charge in [-0.25, -0.2) is 4.98 Å². The van der Waals surface area contributed by atoms with Crippen molar-refractivity contribution < 1.29 is 4.74 Å². The number of thiazole rings is 1. The summed E-state index contributed by atoms with van der Waals surface area (Å²) in [6.45, 7) is 5.80. The Bertz CT molecular complexity index is 339. The molecular weight excluding hydrogens is 246 g/mol. The highest BCUT2D eigenvalue weighted by molar-refractivity contribution is 7.11. The molecule has 18 heavy (non-hydrogen) atoms. The molecular formula is C13H25N3OS. The zero-order chi connectivity index (χ0) is 13.4. The summed E-state index contributed by atoms with van der Waals surface area (Å²) in [5, 5.41) is 4.64. The van der Waals surface area contributed by atoms with Crippen LogP contribution in [0.1, 0.15) is 28.9 Å². The second-order valence-electron chi connectivity index (χ2n) is 4.64. The highest BCUT2D eigenvalue weighted by atomic mass is 32.1. The third kappa shape index (κ3) is 5.44. The minimum atomic E-state index is 0.613. The van der Waals surface area contributed by atoms with Crippen LogP contribution >= 0.6 is 11.3 Å². The van der Waals surface area contributed by atoms with E-state index in [-0.39, 0.29) is 0 Å². The lowest BCUT2D eigenvalue weighted by molar-refractivity contribution is 0.181. The molecule has 0 saturated carbocycles. The molecule has 0 atom stereocenters. The van der Waals surface area contributed by atoms with Crippen LogP contribution in [0.15, 0.2) is 0 Å². The zero-order valence-electron chi connectivity index (χ0n) is 12.0. The smallest absolute Gasteiger partial charge is 0.0945 e. The normalized spacial score (nSPS) is 11.4. The van der Waals surface area contributed by atoms with Crippen molar-refractivity contribution in [3.05, 3.63) is 15.6 Å². The van der Waals surface area contributed by atoms with E-state index in [4.69, 9.17) is 4.74 Å². The maximum absolute atomic E-state index is 5.22. The van der Waals surface area contributed by atoms with E-state index in [2.05, 4.69) is 36.2 Å². The van der Waals surface area contributed by atoms with E-state index in [0.29, 0.717) is 6.61 Å². The average Bonchev–Trinajstić information content (AvgIpc) is 2.70. The molecule has 1 N–H and O–H groups in total. The molecule has 0 fully saturated rings. The van der Waals surface area contributed by atoms with Crippen LogP contribution in [0.4, 0.5) is 0 Å². The van der Waals surface area contributed by atoms with E-state index >= 15 is 0 Å². The molecule has 1 aromatic heterocycles. The van der Waals surface area contributed by atoms with E-state index in [1.165, 1.54) is 9.88 Å². The number of nitrogens with zero attached hydrogens (tertiary/aromatic N) is 2. The molecule has 0 aliphatic heterocycles. The van der Waals surface area contributed by atoms with Crippen LogP contribution in [0.5, 0.6) is 0 Å². The SMILES string of the molecule is CCCNCc1sc(CCN(C)C)nc1COC. The summed E-state index contributed by atoms with van der Waals surface area (Å²) < 4.78 is 5.22. The van der Waals surface area contributed by atoms with Gasteiger partial charge in [-0.1, -0.05) is 6.92 Å². The van der Waals surface area contributed by atoms with Crippen LogP contribution in [0.3, 0.4) is 0 Å². The Morgan fingerprint density at radius 1 is 1.39 bits per heavy atom. The van der Waals surface area contributed by atoms with Gasteiger partial charge in [0, 0.05) is 31.5 Å².